The van der Waals surface area contributed by atoms with E-state index in [0.29, 0.717) is 10.8 Å². The molecule has 2 heterocycles. The Morgan fingerprint density at radius 1 is 1.53 bits per heavy atom. The Bertz CT molecular complexity index is 511. The van der Waals surface area contributed by atoms with Gasteiger partial charge in [0, 0.05) is 6.20 Å². The topological polar surface area (TPSA) is 80.9 Å². The summed E-state index contributed by atoms with van der Waals surface area (Å²) in [5, 5.41) is 16.1. The van der Waals surface area contributed by atoms with Crippen LogP contribution in [0.3, 0.4) is 0 Å². The Morgan fingerprint density at radius 2 is 2.33 bits per heavy atom. The fourth-order valence-electron chi connectivity index (χ4n) is 1.01. The van der Waals surface area contributed by atoms with Crippen LogP contribution in [0.4, 0.5) is 0 Å². The molecule has 0 fully saturated rings. The third kappa shape index (κ3) is 1.79. The molecule has 0 aliphatic rings. The van der Waals surface area contributed by atoms with Crippen LogP contribution >= 0.6 is 11.6 Å². The van der Waals surface area contributed by atoms with Crippen LogP contribution in [0.5, 0.6) is 0 Å². The molecular formula is C8H5ClN4O2. The van der Waals surface area contributed by atoms with E-state index >= 15 is 0 Å². The molecule has 15 heavy (non-hydrogen) atoms. The predicted octanol–water partition coefficient (Wildman–Crippen LogP) is 1.01. The van der Waals surface area contributed by atoms with Crippen molar-refractivity contribution in [1.29, 1.82) is 0 Å². The maximum absolute atomic E-state index is 10.6. The molecule has 6 nitrogen and oxygen atoms in total. The van der Waals surface area contributed by atoms with Crippen LogP contribution in [-0.2, 0) is 0 Å². The van der Waals surface area contributed by atoms with Gasteiger partial charge in [-0.15, -0.1) is 5.10 Å². The molecule has 1 N–H and O–H groups in total. The molecule has 0 atom stereocenters. The standard InChI is InChI=1S/C8H5ClN4O2/c9-5-2-1-3-10-7(5)13-4-6(8(14)15)11-12-13/h1-4H,(H,14,15). The average molecular weight is 225 g/mol. The Morgan fingerprint density at radius 3 is 2.93 bits per heavy atom. The molecule has 2 aromatic heterocycles. The monoisotopic (exact) mass is 224 g/mol. The maximum Gasteiger partial charge on any atom is 0.358 e. The molecule has 0 saturated heterocycles. The highest BCUT2D eigenvalue weighted by Crippen LogP contribution is 2.15. The van der Waals surface area contributed by atoms with E-state index < -0.39 is 5.97 Å². The second-order valence-electron chi connectivity index (χ2n) is 2.66. The van der Waals surface area contributed by atoms with E-state index in [4.69, 9.17) is 16.7 Å². The summed E-state index contributed by atoms with van der Waals surface area (Å²) in [5.41, 5.74) is -0.156. The molecule has 0 aliphatic carbocycles. The molecule has 0 amide bonds. The summed E-state index contributed by atoms with van der Waals surface area (Å²) in [6.45, 7) is 0. The molecule has 0 aromatic carbocycles. The van der Waals surface area contributed by atoms with E-state index in [0.717, 1.165) is 0 Å². The van der Waals surface area contributed by atoms with E-state index in [-0.39, 0.29) is 5.69 Å². The zero-order chi connectivity index (χ0) is 10.8. The van der Waals surface area contributed by atoms with Gasteiger partial charge in [-0.2, -0.15) is 4.68 Å². The van der Waals surface area contributed by atoms with Gasteiger partial charge in [0.1, 0.15) is 0 Å². The largest absolute Gasteiger partial charge is 0.476 e. The molecule has 0 aliphatic heterocycles. The van der Waals surface area contributed by atoms with Gasteiger partial charge in [0.05, 0.1) is 11.2 Å². The maximum atomic E-state index is 10.6. The fraction of sp³-hybridized carbons (Fsp3) is 0. The zero-order valence-corrected chi connectivity index (χ0v) is 8.09. The van der Waals surface area contributed by atoms with Gasteiger partial charge in [0.15, 0.2) is 11.5 Å². The highest BCUT2D eigenvalue weighted by atomic mass is 35.5. The SMILES string of the molecule is O=C(O)c1cn(-c2ncccc2Cl)nn1. The minimum absolute atomic E-state index is 0.156. The summed E-state index contributed by atoms with van der Waals surface area (Å²) in [6, 6.07) is 3.30. The van der Waals surface area contributed by atoms with Gasteiger partial charge in [0.2, 0.25) is 0 Å². The van der Waals surface area contributed by atoms with Crippen molar-refractivity contribution in [3.05, 3.63) is 35.2 Å². The lowest BCUT2D eigenvalue weighted by atomic mass is 10.4. The smallest absolute Gasteiger partial charge is 0.358 e. The van der Waals surface area contributed by atoms with Crippen LogP contribution in [0.2, 0.25) is 5.02 Å². The molecule has 0 bridgehead atoms. The lowest BCUT2D eigenvalue weighted by molar-refractivity contribution is 0.0690. The van der Waals surface area contributed by atoms with Gasteiger partial charge in [-0.05, 0) is 12.1 Å². The third-order valence-electron chi connectivity index (χ3n) is 1.67. The molecule has 0 radical (unpaired) electrons. The number of carboxylic acids is 1. The van der Waals surface area contributed by atoms with Crippen LogP contribution in [0.15, 0.2) is 24.5 Å². The van der Waals surface area contributed by atoms with Crippen LogP contribution in [0.1, 0.15) is 10.5 Å². The van der Waals surface area contributed by atoms with Gasteiger partial charge in [-0.1, -0.05) is 16.8 Å². The summed E-state index contributed by atoms with van der Waals surface area (Å²) in [5.74, 6) is -0.799. The summed E-state index contributed by atoms with van der Waals surface area (Å²) < 4.78 is 1.21. The van der Waals surface area contributed by atoms with E-state index in [1.165, 1.54) is 17.1 Å². The second-order valence-corrected chi connectivity index (χ2v) is 3.07. The minimum atomic E-state index is -1.15. The summed E-state index contributed by atoms with van der Waals surface area (Å²) >= 11 is 5.85. The quantitative estimate of drug-likeness (QED) is 0.824. The van der Waals surface area contributed by atoms with Gasteiger partial charge in [0.25, 0.3) is 0 Å². The average Bonchev–Trinajstić information content (AvgIpc) is 2.67. The highest BCUT2D eigenvalue weighted by molar-refractivity contribution is 6.32. The number of rotatable bonds is 2. The zero-order valence-electron chi connectivity index (χ0n) is 7.33. The van der Waals surface area contributed by atoms with Crippen LogP contribution in [0.25, 0.3) is 5.82 Å². The van der Waals surface area contributed by atoms with Gasteiger partial charge in [-0.25, -0.2) is 9.78 Å². The number of carbonyl (C=O) groups is 1. The normalized spacial score (nSPS) is 10.2. The second kappa shape index (κ2) is 3.66. The molecule has 2 aromatic rings. The van der Waals surface area contributed by atoms with Crippen molar-refractivity contribution < 1.29 is 9.90 Å². The number of nitrogens with zero attached hydrogens (tertiary/aromatic N) is 4. The van der Waals surface area contributed by atoms with Gasteiger partial charge in [-0.3, -0.25) is 0 Å². The number of hydrogen-bond donors (Lipinski definition) is 1. The lowest BCUT2D eigenvalue weighted by Crippen LogP contribution is -1.98. The molecule has 0 spiro atoms. The Hall–Kier alpha value is -1.95. The van der Waals surface area contributed by atoms with E-state index in [9.17, 15) is 4.79 Å². The predicted molar refractivity (Wildman–Crippen MR) is 51.1 cm³/mol. The lowest BCUT2D eigenvalue weighted by Gasteiger charge is -1.99. The van der Waals surface area contributed by atoms with E-state index in [1.807, 2.05) is 0 Å². The number of aromatic nitrogens is 4. The molecule has 2 rings (SSSR count). The number of carboxylic acid groups (broad SMARTS) is 1. The van der Waals surface area contributed by atoms with Crippen LogP contribution in [-0.4, -0.2) is 31.1 Å². The summed E-state index contributed by atoms with van der Waals surface area (Å²) in [7, 11) is 0. The first-order chi connectivity index (χ1) is 7.18. The van der Waals surface area contributed by atoms with E-state index in [2.05, 4.69) is 15.3 Å². The van der Waals surface area contributed by atoms with Crippen molar-refractivity contribution in [3.63, 3.8) is 0 Å². The Balaban J connectivity index is 2.46. The Kier molecular flexibility index (Phi) is 2.34. The van der Waals surface area contributed by atoms with Crippen LogP contribution < -0.4 is 0 Å². The first-order valence-electron chi connectivity index (χ1n) is 3.95. The van der Waals surface area contributed by atoms with Crippen molar-refractivity contribution in [2.24, 2.45) is 0 Å². The van der Waals surface area contributed by atoms with Crippen molar-refractivity contribution in [2.45, 2.75) is 0 Å². The number of aromatic carboxylic acids is 1. The van der Waals surface area contributed by atoms with Crippen LogP contribution in [0, 0.1) is 0 Å². The summed E-state index contributed by atoms with van der Waals surface area (Å²) in [4.78, 5) is 14.5. The van der Waals surface area contributed by atoms with E-state index in [1.54, 1.807) is 12.1 Å². The van der Waals surface area contributed by atoms with Crippen molar-refractivity contribution in [1.82, 2.24) is 20.0 Å². The molecular weight excluding hydrogens is 220 g/mol. The van der Waals surface area contributed by atoms with Crippen molar-refractivity contribution >= 4 is 17.6 Å². The summed E-state index contributed by atoms with van der Waals surface area (Å²) in [6.07, 6.45) is 2.78. The third-order valence-corrected chi connectivity index (χ3v) is 1.96. The fourth-order valence-corrected chi connectivity index (χ4v) is 1.22. The Labute approximate surface area is 89.1 Å². The highest BCUT2D eigenvalue weighted by Gasteiger charge is 2.11. The molecule has 76 valence electrons. The molecule has 0 saturated carbocycles. The minimum Gasteiger partial charge on any atom is -0.476 e. The van der Waals surface area contributed by atoms with Crippen molar-refractivity contribution in [2.75, 3.05) is 0 Å². The first kappa shape index (κ1) is 9.60. The van der Waals surface area contributed by atoms with Gasteiger partial charge >= 0.3 is 5.97 Å². The van der Waals surface area contributed by atoms with Crippen molar-refractivity contribution in [3.8, 4) is 5.82 Å². The number of halogens is 1. The first-order valence-corrected chi connectivity index (χ1v) is 4.33. The molecule has 0 unspecified atom stereocenters. The molecule has 7 heteroatoms. The number of pyridine rings is 1. The number of hydrogen-bond acceptors (Lipinski definition) is 4. The van der Waals surface area contributed by atoms with Gasteiger partial charge < -0.3 is 5.11 Å².